The molecular formula is C19H18Cl2N2O4. The van der Waals surface area contributed by atoms with E-state index < -0.39 is 5.92 Å². The van der Waals surface area contributed by atoms with E-state index in [9.17, 15) is 9.59 Å². The number of ether oxygens (including phenoxy) is 2. The van der Waals surface area contributed by atoms with Crippen LogP contribution in [0.3, 0.4) is 0 Å². The zero-order valence-electron chi connectivity index (χ0n) is 14.8. The highest BCUT2D eigenvalue weighted by Gasteiger charge is 2.36. The van der Waals surface area contributed by atoms with E-state index in [0.717, 1.165) is 0 Å². The Hall–Kier alpha value is -2.44. The molecule has 3 rings (SSSR count). The number of benzene rings is 2. The first-order chi connectivity index (χ1) is 12.9. The number of hydrogen-bond donors (Lipinski definition) is 1. The summed E-state index contributed by atoms with van der Waals surface area (Å²) in [5, 5.41) is 3.36. The molecule has 0 bridgehead atoms. The largest absolute Gasteiger partial charge is 0.497 e. The van der Waals surface area contributed by atoms with Crippen LogP contribution in [-0.2, 0) is 9.59 Å². The van der Waals surface area contributed by atoms with E-state index in [1.807, 2.05) is 0 Å². The molecule has 2 amide bonds. The van der Waals surface area contributed by atoms with Gasteiger partial charge < -0.3 is 19.7 Å². The summed E-state index contributed by atoms with van der Waals surface area (Å²) in [5.41, 5.74) is 0.983. The number of amides is 2. The summed E-state index contributed by atoms with van der Waals surface area (Å²) in [6.07, 6.45) is 0.0877. The molecule has 0 saturated carbocycles. The Morgan fingerprint density at radius 1 is 1.19 bits per heavy atom. The number of carbonyl (C=O) groups is 2. The lowest BCUT2D eigenvalue weighted by Crippen LogP contribution is -2.28. The molecule has 142 valence electrons. The average molecular weight is 409 g/mol. The zero-order valence-corrected chi connectivity index (χ0v) is 16.3. The summed E-state index contributed by atoms with van der Waals surface area (Å²) >= 11 is 12.1. The van der Waals surface area contributed by atoms with E-state index in [2.05, 4.69) is 5.32 Å². The van der Waals surface area contributed by atoms with Crippen molar-refractivity contribution in [3.63, 3.8) is 0 Å². The molecule has 2 aromatic rings. The maximum atomic E-state index is 12.6. The standard InChI is InChI=1S/C19H18Cl2N2O4/c1-26-12-6-7-16(27-2)15(9-12)23-10-11(8-17(23)24)19(25)22-14-5-3-4-13(20)18(14)21/h3-7,9,11H,8,10H2,1-2H3,(H,22,25)/t11-/m1/s1. The topological polar surface area (TPSA) is 67.9 Å². The first-order valence-corrected chi connectivity index (χ1v) is 8.97. The van der Waals surface area contributed by atoms with Crippen molar-refractivity contribution in [2.24, 2.45) is 5.92 Å². The molecule has 0 aromatic heterocycles. The van der Waals surface area contributed by atoms with Crippen molar-refractivity contribution in [1.29, 1.82) is 0 Å². The third-order valence-electron chi connectivity index (χ3n) is 4.38. The summed E-state index contributed by atoms with van der Waals surface area (Å²) < 4.78 is 10.6. The van der Waals surface area contributed by atoms with Crippen LogP contribution in [-0.4, -0.2) is 32.6 Å². The molecule has 0 spiro atoms. The second-order valence-electron chi connectivity index (χ2n) is 6.03. The molecule has 1 aliphatic rings. The monoisotopic (exact) mass is 408 g/mol. The van der Waals surface area contributed by atoms with Crippen LogP contribution in [0, 0.1) is 5.92 Å². The van der Waals surface area contributed by atoms with E-state index >= 15 is 0 Å². The Balaban J connectivity index is 1.79. The fourth-order valence-corrected chi connectivity index (χ4v) is 3.31. The Bertz CT molecular complexity index is 888. The number of nitrogens with one attached hydrogen (secondary N) is 1. The van der Waals surface area contributed by atoms with Crippen LogP contribution in [0.5, 0.6) is 11.5 Å². The lowest BCUT2D eigenvalue weighted by molar-refractivity contribution is -0.122. The van der Waals surface area contributed by atoms with Crippen LogP contribution >= 0.6 is 23.2 Å². The van der Waals surface area contributed by atoms with Gasteiger partial charge in [0.15, 0.2) is 0 Å². The summed E-state index contributed by atoms with van der Waals surface area (Å²) in [6, 6.07) is 10.2. The van der Waals surface area contributed by atoms with Gasteiger partial charge in [-0.25, -0.2) is 0 Å². The van der Waals surface area contributed by atoms with Gasteiger partial charge in [0.25, 0.3) is 0 Å². The first kappa shape index (κ1) is 19.3. The van der Waals surface area contributed by atoms with Crippen LogP contribution in [0.25, 0.3) is 0 Å². The number of rotatable bonds is 5. The lowest BCUT2D eigenvalue weighted by atomic mass is 10.1. The Morgan fingerprint density at radius 3 is 2.67 bits per heavy atom. The summed E-state index contributed by atoms with van der Waals surface area (Å²) in [7, 11) is 3.07. The number of hydrogen-bond acceptors (Lipinski definition) is 4. The number of halogens is 2. The number of anilines is 2. The third-order valence-corrected chi connectivity index (χ3v) is 5.20. The minimum atomic E-state index is -0.525. The summed E-state index contributed by atoms with van der Waals surface area (Å²) in [5.74, 6) is 0.138. The Labute approximate surface area is 167 Å². The molecule has 1 heterocycles. The minimum absolute atomic E-state index is 0.0877. The highest BCUT2D eigenvalue weighted by Crippen LogP contribution is 2.36. The summed E-state index contributed by atoms with van der Waals surface area (Å²) in [6.45, 7) is 0.229. The van der Waals surface area contributed by atoms with Crippen LogP contribution in [0.1, 0.15) is 6.42 Å². The Kier molecular flexibility index (Phi) is 5.77. The summed E-state index contributed by atoms with van der Waals surface area (Å²) in [4.78, 5) is 26.7. The molecule has 1 aliphatic heterocycles. The molecule has 8 heteroatoms. The molecule has 1 fully saturated rings. The van der Waals surface area contributed by atoms with Gasteiger partial charge in [0.05, 0.1) is 41.6 Å². The van der Waals surface area contributed by atoms with E-state index in [4.69, 9.17) is 32.7 Å². The van der Waals surface area contributed by atoms with Crippen molar-refractivity contribution in [2.75, 3.05) is 31.0 Å². The van der Waals surface area contributed by atoms with Gasteiger partial charge in [-0.15, -0.1) is 0 Å². The Morgan fingerprint density at radius 2 is 1.96 bits per heavy atom. The highest BCUT2D eigenvalue weighted by molar-refractivity contribution is 6.44. The van der Waals surface area contributed by atoms with Crippen molar-refractivity contribution in [3.8, 4) is 11.5 Å². The molecule has 0 aliphatic carbocycles. The van der Waals surface area contributed by atoms with Crippen LogP contribution in [0.4, 0.5) is 11.4 Å². The smallest absolute Gasteiger partial charge is 0.229 e. The van der Waals surface area contributed by atoms with E-state index in [0.29, 0.717) is 27.9 Å². The number of nitrogens with zero attached hydrogens (tertiary/aromatic N) is 1. The minimum Gasteiger partial charge on any atom is -0.497 e. The van der Waals surface area contributed by atoms with Gasteiger partial charge in [-0.2, -0.15) is 0 Å². The van der Waals surface area contributed by atoms with E-state index in [-0.39, 0.29) is 29.8 Å². The normalized spacial score (nSPS) is 16.4. The average Bonchev–Trinajstić information content (AvgIpc) is 3.06. The van der Waals surface area contributed by atoms with Crippen LogP contribution < -0.4 is 19.7 Å². The van der Waals surface area contributed by atoms with Crippen LogP contribution in [0.2, 0.25) is 10.0 Å². The maximum absolute atomic E-state index is 12.6. The van der Waals surface area contributed by atoms with Gasteiger partial charge in [-0.05, 0) is 24.3 Å². The molecule has 6 nitrogen and oxygen atoms in total. The van der Waals surface area contributed by atoms with Gasteiger partial charge >= 0.3 is 0 Å². The first-order valence-electron chi connectivity index (χ1n) is 8.22. The molecule has 0 radical (unpaired) electrons. The molecule has 1 atom stereocenters. The maximum Gasteiger partial charge on any atom is 0.229 e. The number of carbonyl (C=O) groups excluding carboxylic acids is 2. The van der Waals surface area contributed by atoms with E-state index in [1.54, 1.807) is 43.5 Å². The molecule has 1 N–H and O–H groups in total. The predicted octanol–water partition coefficient (Wildman–Crippen LogP) is 4.00. The molecule has 1 saturated heterocycles. The number of methoxy groups -OCH3 is 2. The molecule has 2 aromatic carbocycles. The lowest BCUT2D eigenvalue weighted by Gasteiger charge is -2.20. The van der Waals surface area contributed by atoms with Crippen molar-refractivity contribution < 1.29 is 19.1 Å². The van der Waals surface area contributed by atoms with Gasteiger partial charge in [0.1, 0.15) is 11.5 Å². The fourth-order valence-electron chi connectivity index (χ4n) is 2.96. The van der Waals surface area contributed by atoms with Crippen molar-refractivity contribution in [3.05, 3.63) is 46.4 Å². The molecule has 0 unspecified atom stereocenters. The molecule has 27 heavy (non-hydrogen) atoms. The van der Waals surface area contributed by atoms with Gasteiger partial charge in [0.2, 0.25) is 11.8 Å². The van der Waals surface area contributed by atoms with Crippen LogP contribution in [0.15, 0.2) is 36.4 Å². The van der Waals surface area contributed by atoms with Gasteiger partial charge in [-0.1, -0.05) is 29.3 Å². The second kappa shape index (κ2) is 8.06. The van der Waals surface area contributed by atoms with E-state index in [1.165, 1.54) is 12.0 Å². The fraction of sp³-hybridized carbons (Fsp3) is 0.263. The zero-order chi connectivity index (χ0) is 19.6. The molecular weight excluding hydrogens is 391 g/mol. The SMILES string of the molecule is COc1ccc(OC)c(N2C[C@H](C(=O)Nc3cccc(Cl)c3Cl)CC2=O)c1. The van der Waals surface area contributed by atoms with Gasteiger partial charge in [-0.3, -0.25) is 9.59 Å². The van der Waals surface area contributed by atoms with Crippen molar-refractivity contribution in [2.45, 2.75) is 6.42 Å². The quantitative estimate of drug-likeness (QED) is 0.811. The van der Waals surface area contributed by atoms with Crippen molar-refractivity contribution in [1.82, 2.24) is 0 Å². The van der Waals surface area contributed by atoms with Gasteiger partial charge in [0, 0.05) is 19.0 Å². The third kappa shape index (κ3) is 3.96. The van der Waals surface area contributed by atoms with Crippen molar-refractivity contribution >= 4 is 46.4 Å². The highest BCUT2D eigenvalue weighted by atomic mass is 35.5. The second-order valence-corrected chi connectivity index (χ2v) is 6.82. The predicted molar refractivity (Wildman–Crippen MR) is 105 cm³/mol.